The van der Waals surface area contributed by atoms with Gasteiger partial charge in [0.25, 0.3) is 0 Å². The van der Waals surface area contributed by atoms with E-state index in [0.717, 1.165) is 35.4 Å². The van der Waals surface area contributed by atoms with Crippen LogP contribution in [0.1, 0.15) is 22.8 Å². The minimum Gasteiger partial charge on any atom is -0.494 e. The first kappa shape index (κ1) is 20.1. The second kappa shape index (κ2) is 9.04. The van der Waals surface area contributed by atoms with E-state index in [1.54, 1.807) is 6.20 Å². The van der Waals surface area contributed by atoms with Crippen molar-refractivity contribution in [2.45, 2.75) is 6.92 Å². The Bertz CT molecular complexity index is 954. The standard InChI is InChI=1S/C22H22N2O3.ClH/c1-2-27-17-9-7-16(8-10-17)22(25)19-15-23-20-6-4-3-5-18(20)21(19)24-11-13-26-14-12-24;/h3-10,15H,2,11-14H2,1H3;1H. The normalized spacial score (nSPS) is 13.8. The topological polar surface area (TPSA) is 51.7 Å². The Balaban J connectivity index is 0.00000225. The van der Waals surface area contributed by atoms with Gasteiger partial charge in [0.05, 0.1) is 36.6 Å². The van der Waals surface area contributed by atoms with Gasteiger partial charge in [-0.3, -0.25) is 9.78 Å². The fraction of sp³-hybridized carbons (Fsp3) is 0.273. The minimum atomic E-state index is -0.0298. The molecule has 1 saturated heterocycles. The summed E-state index contributed by atoms with van der Waals surface area (Å²) < 4.78 is 11.0. The number of halogens is 1. The second-order valence-electron chi connectivity index (χ2n) is 6.42. The molecule has 0 unspecified atom stereocenters. The van der Waals surface area contributed by atoms with E-state index in [-0.39, 0.29) is 18.2 Å². The van der Waals surface area contributed by atoms with Crippen molar-refractivity contribution >= 4 is 34.8 Å². The van der Waals surface area contributed by atoms with E-state index < -0.39 is 0 Å². The van der Waals surface area contributed by atoms with Gasteiger partial charge >= 0.3 is 0 Å². The highest BCUT2D eigenvalue weighted by molar-refractivity contribution is 6.16. The summed E-state index contributed by atoms with van der Waals surface area (Å²) in [6.07, 6.45) is 1.70. The number of rotatable bonds is 5. The van der Waals surface area contributed by atoms with Crippen molar-refractivity contribution in [3.63, 3.8) is 0 Å². The van der Waals surface area contributed by atoms with E-state index in [1.807, 2.05) is 55.5 Å². The van der Waals surface area contributed by atoms with Crippen LogP contribution < -0.4 is 9.64 Å². The molecule has 3 aromatic rings. The SMILES string of the molecule is CCOc1ccc(C(=O)c2cnc3ccccc3c2N2CCOCC2)cc1.Cl. The van der Waals surface area contributed by atoms with E-state index in [4.69, 9.17) is 9.47 Å². The lowest BCUT2D eigenvalue weighted by Crippen LogP contribution is -2.37. The van der Waals surface area contributed by atoms with Gasteiger partial charge in [-0.2, -0.15) is 0 Å². The number of morpholine rings is 1. The molecule has 0 spiro atoms. The molecule has 146 valence electrons. The zero-order chi connectivity index (χ0) is 18.6. The lowest BCUT2D eigenvalue weighted by atomic mass is 9.99. The zero-order valence-electron chi connectivity index (χ0n) is 15.8. The van der Waals surface area contributed by atoms with Gasteiger partial charge in [0, 0.05) is 30.2 Å². The molecule has 1 fully saturated rings. The molecule has 0 aliphatic carbocycles. The third-order valence-corrected chi connectivity index (χ3v) is 4.75. The van der Waals surface area contributed by atoms with Gasteiger partial charge in [0.2, 0.25) is 0 Å². The Kier molecular flexibility index (Phi) is 6.49. The van der Waals surface area contributed by atoms with Gasteiger partial charge in [-0.05, 0) is 37.3 Å². The molecule has 0 N–H and O–H groups in total. The summed E-state index contributed by atoms with van der Waals surface area (Å²) in [7, 11) is 0. The Hall–Kier alpha value is -2.63. The molecule has 5 nitrogen and oxygen atoms in total. The number of carbonyl (C=O) groups is 1. The molecule has 1 aliphatic rings. The number of anilines is 1. The fourth-order valence-corrected chi connectivity index (χ4v) is 3.45. The van der Waals surface area contributed by atoms with Gasteiger partial charge in [-0.1, -0.05) is 18.2 Å². The molecule has 0 bridgehead atoms. The van der Waals surface area contributed by atoms with Crippen LogP contribution in [0.5, 0.6) is 5.75 Å². The van der Waals surface area contributed by atoms with E-state index in [0.29, 0.717) is 30.9 Å². The number of carbonyl (C=O) groups excluding carboxylic acids is 1. The molecule has 0 saturated carbocycles. The zero-order valence-corrected chi connectivity index (χ0v) is 16.6. The number of hydrogen-bond acceptors (Lipinski definition) is 5. The smallest absolute Gasteiger partial charge is 0.196 e. The molecule has 0 amide bonds. The molecule has 2 aromatic carbocycles. The van der Waals surface area contributed by atoms with Crippen LogP contribution in [0.4, 0.5) is 5.69 Å². The van der Waals surface area contributed by atoms with Crippen molar-refractivity contribution < 1.29 is 14.3 Å². The highest BCUT2D eigenvalue weighted by atomic mass is 35.5. The number of hydrogen-bond donors (Lipinski definition) is 0. The van der Waals surface area contributed by atoms with E-state index in [2.05, 4.69) is 9.88 Å². The summed E-state index contributed by atoms with van der Waals surface area (Å²) in [5.41, 5.74) is 3.09. The number of aromatic nitrogens is 1. The van der Waals surface area contributed by atoms with Crippen LogP contribution in [0.2, 0.25) is 0 Å². The Morgan fingerprint density at radius 3 is 2.54 bits per heavy atom. The monoisotopic (exact) mass is 398 g/mol. The predicted octanol–water partition coefficient (Wildman–Crippen LogP) is 4.12. The van der Waals surface area contributed by atoms with Crippen molar-refractivity contribution in [1.29, 1.82) is 0 Å². The molecule has 1 aromatic heterocycles. The summed E-state index contributed by atoms with van der Waals surface area (Å²) in [5, 5.41) is 0.996. The van der Waals surface area contributed by atoms with Crippen molar-refractivity contribution in [2.75, 3.05) is 37.8 Å². The summed E-state index contributed by atoms with van der Waals surface area (Å²) in [5.74, 6) is 0.733. The van der Waals surface area contributed by atoms with Crippen molar-refractivity contribution in [3.05, 3.63) is 65.9 Å². The maximum absolute atomic E-state index is 13.3. The van der Waals surface area contributed by atoms with Gasteiger partial charge in [-0.15, -0.1) is 12.4 Å². The first-order chi connectivity index (χ1) is 13.3. The van der Waals surface area contributed by atoms with Gasteiger partial charge < -0.3 is 14.4 Å². The first-order valence-corrected chi connectivity index (χ1v) is 9.26. The predicted molar refractivity (Wildman–Crippen MR) is 113 cm³/mol. The van der Waals surface area contributed by atoms with Crippen LogP contribution in [0.15, 0.2) is 54.7 Å². The maximum Gasteiger partial charge on any atom is 0.196 e. The van der Waals surface area contributed by atoms with E-state index in [1.165, 1.54) is 0 Å². The lowest BCUT2D eigenvalue weighted by Gasteiger charge is -2.31. The van der Waals surface area contributed by atoms with Crippen LogP contribution >= 0.6 is 12.4 Å². The number of para-hydroxylation sites is 1. The fourth-order valence-electron chi connectivity index (χ4n) is 3.45. The van der Waals surface area contributed by atoms with Crippen molar-refractivity contribution in [2.24, 2.45) is 0 Å². The van der Waals surface area contributed by atoms with Crippen molar-refractivity contribution in [1.82, 2.24) is 4.98 Å². The van der Waals surface area contributed by atoms with E-state index in [9.17, 15) is 4.79 Å². The molecule has 0 atom stereocenters. The van der Waals surface area contributed by atoms with Crippen LogP contribution in [0.25, 0.3) is 10.9 Å². The summed E-state index contributed by atoms with van der Waals surface area (Å²) in [6, 6.07) is 15.2. The molecule has 2 heterocycles. The van der Waals surface area contributed by atoms with Crippen LogP contribution in [0.3, 0.4) is 0 Å². The molecule has 6 heteroatoms. The van der Waals surface area contributed by atoms with Crippen LogP contribution in [0, 0.1) is 0 Å². The highest BCUT2D eigenvalue weighted by Crippen LogP contribution is 2.32. The minimum absolute atomic E-state index is 0. The molecular formula is C22H23ClN2O3. The number of fused-ring (bicyclic) bond motifs is 1. The quantitative estimate of drug-likeness (QED) is 0.605. The molecule has 1 aliphatic heterocycles. The van der Waals surface area contributed by atoms with E-state index >= 15 is 0 Å². The largest absolute Gasteiger partial charge is 0.494 e. The third kappa shape index (κ3) is 3.96. The Morgan fingerprint density at radius 2 is 1.82 bits per heavy atom. The number of pyridine rings is 1. The average Bonchev–Trinajstić information content (AvgIpc) is 2.74. The van der Waals surface area contributed by atoms with Crippen molar-refractivity contribution in [3.8, 4) is 5.75 Å². The molecular weight excluding hydrogens is 376 g/mol. The number of ketones is 1. The van der Waals surface area contributed by atoms with Gasteiger partial charge in [-0.25, -0.2) is 0 Å². The highest BCUT2D eigenvalue weighted by Gasteiger charge is 2.23. The van der Waals surface area contributed by atoms with Crippen LogP contribution in [-0.4, -0.2) is 43.7 Å². The lowest BCUT2D eigenvalue weighted by molar-refractivity contribution is 0.103. The Morgan fingerprint density at radius 1 is 1.11 bits per heavy atom. The molecule has 4 rings (SSSR count). The molecule has 0 radical (unpaired) electrons. The maximum atomic E-state index is 13.3. The average molecular weight is 399 g/mol. The second-order valence-corrected chi connectivity index (χ2v) is 6.42. The first-order valence-electron chi connectivity index (χ1n) is 9.26. The number of nitrogens with zero attached hydrogens (tertiary/aromatic N) is 2. The van der Waals surface area contributed by atoms with Crippen LogP contribution in [-0.2, 0) is 4.74 Å². The van der Waals surface area contributed by atoms with Gasteiger partial charge in [0.15, 0.2) is 5.78 Å². The third-order valence-electron chi connectivity index (χ3n) is 4.75. The summed E-state index contributed by atoms with van der Waals surface area (Å²) >= 11 is 0. The number of benzene rings is 2. The summed E-state index contributed by atoms with van der Waals surface area (Å²) in [6.45, 7) is 5.38. The number of ether oxygens (including phenoxy) is 2. The summed E-state index contributed by atoms with van der Waals surface area (Å²) in [4.78, 5) is 20.0. The molecule has 28 heavy (non-hydrogen) atoms. The Labute approximate surface area is 170 Å². The van der Waals surface area contributed by atoms with Gasteiger partial charge in [0.1, 0.15) is 5.75 Å².